The van der Waals surface area contributed by atoms with E-state index in [-0.39, 0.29) is 0 Å². The van der Waals surface area contributed by atoms with Gasteiger partial charge < -0.3 is 9.72 Å². The fourth-order valence-electron chi connectivity index (χ4n) is 2.34. The van der Waals surface area contributed by atoms with E-state index in [2.05, 4.69) is 67.1 Å². The molecule has 0 aliphatic rings. The van der Waals surface area contributed by atoms with E-state index < -0.39 is 0 Å². The highest BCUT2D eigenvalue weighted by molar-refractivity contribution is 5.65. The van der Waals surface area contributed by atoms with Crippen LogP contribution in [0, 0.1) is 13.8 Å². The first-order valence-electron chi connectivity index (χ1n) is 6.97. The van der Waals surface area contributed by atoms with Crippen LogP contribution >= 0.6 is 0 Å². The van der Waals surface area contributed by atoms with Crippen molar-refractivity contribution in [1.82, 2.24) is 9.38 Å². The number of pyridine rings is 1. The van der Waals surface area contributed by atoms with Gasteiger partial charge in [-0.1, -0.05) is 12.1 Å². The van der Waals surface area contributed by atoms with Crippen molar-refractivity contribution in [3.05, 3.63) is 53.9 Å². The first-order chi connectivity index (χ1) is 9.67. The van der Waals surface area contributed by atoms with Crippen LogP contribution in [0.1, 0.15) is 18.1 Å². The van der Waals surface area contributed by atoms with Crippen LogP contribution in [0.3, 0.4) is 0 Å². The number of aryl methyl sites for hydroxylation is 2. The number of fused-ring (bicyclic) bond motifs is 1. The molecule has 3 heteroatoms. The SMILES string of the molecule is CCNc1ccc2nc(-c3ccc(C)c(C)c3)cn2c1. The van der Waals surface area contributed by atoms with Crippen LogP contribution < -0.4 is 5.32 Å². The third-order valence-corrected chi connectivity index (χ3v) is 3.63. The summed E-state index contributed by atoms with van der Waals surface area (Å²) >= 11 is 0. The maximum atomic E-state index is 4.69. The lowest BCUT2D eigenvalue weighted by molar-refractivity contribution is 1.15. The van der Waals surface area contributed by atoms with Crippen molar-refractivity contribution in [2.75, 3.05) is 11.9 Å². The molecule has 102 valence electrons. The van der Waals surface area contributed by atoms with E-state index >= 15 is 0 Å². The Morgan fingerprint density at radius 3 is 2.65 bits per heavy atom. The normalized spacial score (nSPS) is 10.9. The molecule has 1 N–H and O–H groups in total. The minimum atomic E-state index is 0.921. The maximum Gasteiger partial charge on any atom is 0.137 e. The van der Waals surface area contributed by atoms with Gasteiger partial charge in [-0.3, -0.25) is 0 Å². The van der Waals surface area contributed by atoms with Crippen LogP contribution in [0.4, 0.5) is 5.69 Å². The van der Waals surface area contributed by atoms with E-state index in [9.17, 15) is 0 Å². The number of rotatable bonds is 3. The van der Waals surface area contributed by atoms with Crippen LogP contribution in [0.15, 0.2) is 42.7 Å². The third kappa shape index (κ3) is 2.27. The highest BCUT2D eigenvalue weighted by Crippen LogP contribution is 2.22. The number of hydrogen-bond acceptors (Lipinski definition) is 2. The predicted octanol–water partition coefficient (Wildman–Crippen LogP) is 4.05. The Morgan fingerprint density at radius 1 is 1.05 bits per heavy atom. The molecular weight excluding hydrogens is 246 g/mol. The van der Waals surface area contributed by atoms with Crippen molar-refractivity contribution in [3.8, 4) is 11.3 Å². The van der Waals surface area contributed by atoms with Crippen molar-refractivity contribution in [2.24, 2.45) is 0 Å². The molecule has 0 fully saturated rings. The number of anilines is 1. The van der Waals surface area contributed by atoms with Crippen molar-refractivity contribution in [3.63, 3.8) is 0 Å². The summed E-state index contributed by atoms with van der Waals surface area (Å²) in [5, 5.41) is 3.32. The highest BCUT2D eigenvalue weighted by Gasteiger charge is 2.06. The quantitative estimate of drug-likeness (QED) is 0.774. The summed E-state index contributed by atoms with van der Waals surface area (Å²) < 4.78 is 2.07. The van der Waals surface area contributed by atoms with E-state index in [1.807, 2.05) is 6.07 Å². The molecule has 0 spiro atoms. The lowest BCUT2D eigenvalue weighted by atomic mass is 10.1. The summed E-state index contributed by atoms with van der Waals surface area (Å²) in [5.41, 5.74) is 6.88. The van der Waals surface area contributed by atoms with Gasteiger partial charge in [-0.15, -0.1) is 0 Å². The van der Waals surface area contributed by atoms with Crippen LogP contribution in [-0.4, -0.2) is 15.9 Å². The lowest BCUT2D eigenvalue weighted by Gasteiger charge is -2.02. The van der Waals surface area contributed by atoms with Crippen LogP contribution in [0.25, 0.3) is 16.9 Å². The fraction of sp³-hybridized carbons (Fsp3) is 0.235. The van der Waals surface area contributed by atoms with Gasteiger partial charge in [0.1, 0.15) is 5.65 Å². The van der Waals surface area contributed by atoms with Gasteiger partial charge in [-0.05, 0) is 50.1 Å². The van der Waals surface area contributed by atoms with Crippen LogP contribution in [0.2, 0.25) is 0 Å². The molecule has 0 unspecified atom stereocenters. The molecule has 3 rings (SSSR count). The van der Waals surface area contributed by atoms with Crippen molar-refractivity contribution < 1.29 is 0 Å². The number of nitrogens with one attached hydrogen (secondary N) is 1. The Balaban J connectivity index is 2.05. The molecule has 0 atom stereocenters. The molecule has 1 aromatic carbocycles. The molecule has 3 aromatic rings. The Kier molecular flexibility index (Phi) is 3.18. The molecule has 2 aromatic heterocycles. The minimum Gasteiger partial charge on any atom is -0.384 e. The van der Waals surface area contributed by atoms with E-state index in [0.29, 0.717) is 0 Å². The molecule has 20 heavy (non-hydrogen) atoms. The number of nitrogens with zero attached hydrogens (tertiary/aromatic N) is 2. The van der Waals surface area contributed by atoms with E-state index in [1.165, 1.54) is 16.7 Å². The first-order valence-corrected chi connectivity index (χ1v) is 6.97. The molecule has 0 saturated heterocycles. The van der Waals surface area contributed by atoms with Gasteiger partial charge in [0.05, 0.1) is 11.4 Å². The molecule has 0 radical (unpaired) electrons. The summed E-state index contributed by atoms with van der Waals surface area (Å²) in [4.78, 5) is 4.69. The number of benzene rings is 1. The van der Waals surface area contributed by atoms with E-state index in [1.54, 1.807) is 0 Å². The standard InChI is InChI=1S/C17H19N3/c1-4-18-15-7-8-17-19-16(11-20(17)10-15)14-6-5-12(2)13(3)9-14/h5-11,18H,4H2,1-3H3. The summed E-state index contributed by atoms with van der Waals surface area (Å²) in [6.07, 6.45) is 4.16. The van der Waals surface area contributed by atoms with Gasteiger partial charge >= 0.3 is 0 Å². The zero-order valence-corrected chi connectivity index (χ0v) is 12.1. The van der Waals surface area contributed by atoms with Gasteiger partial charge in [0.15, 0.2) is 0 Å². The summed E-state index contributed by atoms with van der Waals surface area (Å²) in [6, 6.07) is 10.6. The summed E-state index contributed by atoms with van der Waals surface area (Å²) in [7, 11) is 0. The molecular formula is C17H19N3. The summed E-state index contributed by atoms with van der Waals surface area (Å²) in [5.74, 6) is 0. The second-order valence-electron chi connectivity index (χ2n) is 5.14. The zero-order valence-electron chi connectivity index (χ0n) is 12.1. The number of aromatic nitrogens is 2. The van der Waals surface area contributed by atoms with E-state index in [4.69, 9.17) is 4.98 Å². The van der Waals surface area contributed by atoms with Gasteiger partial charge in [0.25, 0.3) is 0 Å². The Hall–Kier alpha value is -2.29. The lowest BCUT2D eigenvalue weighted by Crippen LogP contribution is -1.97. The monoisotopic (exact) mass is 265 g/mol. The minimum absolute atomic E-state index is 0.921. The van der Waals surface area contributed by atoms with Gasteiger partial charge in [-0.2, -0.15) is 0 Å². The van der Waals surface area contributed by atoms with Crippen molar-refractivity contribution in [2.45, 2.75) is 20.8 Å². The molecule has 0 aliphatic heterocycles. The molecule has 0 aliphatic carbocycles. The van der Waals surface area contributed by atoms with Gasteiger partial charge in [-0.25, -0.2) is 4.98 Å². The fourth-order valence-corrected chi connectivity index (χ4v) is 2.34. The zero-order chi connectivity index (χ0) is 14.1. The molecule has 3 nitrogen and oxygen atoms in total. The van der Waals surface area contributed by atoms with Crippen LogP contribution in [0.5, 0.6) is 0 Å². The smallest absolute Gasteiger partial charge is 0.137 e. The highest BCUT2D eigenvalue weighted by atomic mass is 15.0. The molecule has 0 saturated carbocycles. The van der Waals surface area contributed by atoms with Gasteiger partial charge in [0, 0.05) is 24.5 Å². The average molecular weight is 265 g/mol. The predicted molar refractivity (Wildman–Crippen MR) is 84.3 cm³/mol. The second-order valence-corrected chi connectivity index (χ2v) is 5.14. The largest absolute Gasteiger partial charge is 0.384 e. The third-order valence-electron chi connectivity index (χ3n) is 3.63. The maximum absolute atomic E-state index is 4.69. The first kappa shape index (κ1) is 12.7. The van der Waals surface area contributed by atoms with Crippen LogP contribution in [-0.2, 0) is 0 Å². The Bertz CT molecular complexity index is 756. The Labute approximate surface area is 119 Å². The molecule has 2 heterocycles. The second kappa shape index (κ2) is 5.00. The average Bonchev–Trinajstić information content (AvgIpc) is 2.85. The van der Waals surface area contributed by atoms with E-state index in [0.717, 1.165) is 23.6 Å². The Morgan fingerprint density at radius 2 is 1.90 bits per heavy atom. The molecule has 0 bridgehead atoms. The summed E-state index contributed by atoms with van der Waals surface area (Å²) in [6.45, 7) is 7.28. The van der Waals surface area contributed by atoms with Gasteiger partial charge in [0.2, 0.25) is 0 Å². The number of imidazole rings is 1. The van der Waals surface area contributed by atoms with Crippen molar-refractivity contribution >= 4 is 11.3 Å². The topological polar surface area (TPSA) is 29.3 Å². The van der Waals surface area contributed by atoms with Crippen molar-refractivity contribution in [1.29, 1.82) is 0 Å². The molecule has 0 amide bonds. The number of hydrogen-bond donors (Lipinski definition) is 1.